The number of carbonyl (C=O) groups is 2. The van der Waals surface area contributed by atoms with Gasteiger partial charge in [-0.1, -0.05) is 124 Å². The summed E-state index contributed by atoms with van der Waals surface area (Å²) in [6, 6.07) is 7.80. The quantitative estimate of drug-likeness (QED) is 0.107. The zero-order valence-corrected chi connectivity index (χ0v) is 29.2. The molecule has 0 spiro atoms. The molecule has 44 heavy (non-hydrogen) atoms. The molecular weight excluding hydrogens is 552 g/mol. The van der Waals surface area contributed by atoms with Crippen molar-refractivity contribution in [2.45, 2.75) is 182 Å². The molecule has 1 aromatic rings. The van der Waals surface area contributed by atoms with Crippen LogP contribution in [0.4, 0.5) is 0 Å². The summed E-state index contributed by atoms with van der Waals surface area (Å²) >= 11 is 0. The zero-order chi connectivity index (χ0) is 32.4. The van der Waals surface area contributed by atoms with Gasteiger partial charge >= 0.3 is 0 Å². The number of hydrogen-bond acceptors (Lipinski definition) is 6. The Bertz CT molecular complexity index is 973. The van der Waals surface area contributed by atoms with E-state index in [9.17, 15) is 9.59 Å². The molecule has 6 heteroatoms. The third kappa shape index (κ3) is 10.7. The number of Topliss-reactive ketones (excluding diaryl/α,β-unsaturated/α-hetero) is 2. The molecule has 0 amide bonds. The van der Waals surface area contributed by atoms with Crippen LogP contribution >= 0.6 is 0 Å². The van der Waals surface area contributed by atoms with Gasteiger partial charge in [-0.25, -0.2) is 19.6 Å². The van der Waals surface area contributed by atoms with E-state index in [0.29, 0.717) is 23.7 Å². The van der Waals surface area contributed by atoms with Crippen molar-refractivity contribution in [3.05, 3.63) is 35.4 Å². The minimum absolute atomic E-state index is 0.0774. The normalized spacial score (nSPS) is 25.4. The van der Waals surface area contributed by atoms with Gasteiger partial charge in [-0.3, -0.25) is 9.59 Å². The van der Waals surface area contributed by atoms with Crippen molar-refractivity contribution in [1.82, 2.24) is 0 Å². The average Bonchev–Trinajstić information content (AvgIpc) is 2.92. The molecule has 1 aromatic carbocycles. The Morgan fingerprint density at radius 3 is 1.25 bits per heavy atom. The summed E-state index contributed by atoms with van der Waals surface area (Å²) in [4.78, 5) is 48.1. The van der Waals surface area contributed by atoms with Crippen LogP contribution in [0.3, 0.4) is 0 Å². The molecule has 0 bridgehead atoms. The zero-order valence-electron chi connectivity index (χ0n) is 29.2. The van der Waals surface area contributed by atoms with Gasteiger partial charge in [-0.05, 0) is 67.6 Å². The van der Waals surface area contributed by atoms with Gasteiger partial charge in [-0.2, -0.15) is 0 Å². The van der Waals surface area contributed by atoms with Crippen molar-refractivity contribution in [2.75, 3.05) is 0 Å². The SMILES string of the molecule is CC(C)(C)CCCCCCCCC(=O)C1OOC1(C)c1cccc(C2(C)OOC2C(=O)CCCCCCCCC(C)(C)C)c1. The first-order valence-electron chi connectivity index (χ1n) is 17.5. The molecule has 2 aliphatic rings. The van der Waals surface area contributed by atoms with Crippen LogP contribution in [0.15, 0.2) is 24.3 Å². The molecule has 2 fully saturated rings. The summed E-state index contributed by atoms with van der Waals surface area (Å²) in [6.45, 7) is 17.6. The molecule has 6 nitrogen and oxygen atoms in total. The highest BCUT2D eigenvalue weighted by Crippen LogP contribution is 2.45. The van der Waals surface area contributed by atoms with Crippen LogP contribution in [-0.2, 0) is 40.3 Å². The highest BCUT2D eigenvalue weighted by Gasteiger charge is 2.55. The number of carbonyl (C=O) groups excluding carboxylic acids is 2. The van der Waals surface area contributed by atoms with Crippen LogP contribution in [0.5, 0.6) is 0 Å². The third-order valence-corrected chi connectivity index (χ3v) is 9.43. The Kier molecular flexibility index (Phi) is 13.7. The number of rotatable bonds is 20. The molecule has 0 N–H and O–H groups in total. The van der Waals surface area contributed by atoms with E-state index in [4.69, 9.17) is 19.6 Å². The van der Waals surface area contributed by atoms with E-state index in [2.05, 4.69) is 41.5 Å². The van der Waals surface area contributed by atoms with Crippen molar-refractivity contribution in [2.24, 2.45) is 10.8 Å². The predicted octanol–water partition coefficient (Wildman–Crippen LogP) is 10.2. The number of benzene rings is 1. The summed E-state index contributed by atoms with van der Waals surface area (Å²) in [5, 5.41) is 0. The Morgan fingerprint density at radius 1 is 0.591 bits per heavy atom. The van der Waals surface area contributed by atoms with Gasteiger partial charge in [0.1, 0.15) is 0 Å². The van der Waals surface area contributed by atoms with E-state index in [0.717, 1.165) is 49.7 Å². The van der Waals surface area contributed by atoms with Gasteiger partial charge in [0.25, 0.3) is 0 Å². The smallest absolute Gasteiger partial charge is 0.187 e. The fourth-order valence-electron chi connectivity index (χ4n) is 6.32. The average molecular weight is 615 g/mol. The van der Waals surface area contributed by atoms with Crippen LogP contribution in [0.1, 0.15) is 169 Å². The van der Waals surface area contributed by atoms with Crippen molar-refractivity contribution in [1.29, 1.82) is 0 Å². The molecule has 2 saturated heterocycles. The Labute approximate surface area is 268 Å². The van der Waals surface area contributed by atoms with Crippen LogP contribution in [0.25, 0.3) is 0 Å². The lowest BCUT2D eigenvalue weighted by atomic mass is 9.80. The molecule has 0 radical (unpaired) electrons. The lowest BCUT2D eigenvalue weighted by Crippen LogP contribution is -2.57. The minimum Gasteiger partial charge on any atom is -0.296 e. The van der Waals surface area contributed by atoms with Gasteiger partial charge in [-0.15, -0.1) is 0 Å². The Balaban J connectivity index is 1.43. The Hall–Kier alpha value is -1.60. The summed E-state index contributed by atoms with van der Waals surface area (Å²) in [7, 11) is 0. The van der Waals surface area contributed by atoms with Gasteiger partial charge in [0.05, 0.1) is 0 Å². The summed E-state index contributed by atoms with van der Waals surface area (Å²) < 4.78 is 0. The van der Waals surface area contributed by atoms with Crippen molar-refractivity contribution < 1.29 is 29.1 Å². The molecular formula is C38H62O6. The lowest BCUT2D eigenvalue weighted by Gasteiger charge is -2.46. The standard InChI is InChI=1S/C38H62O6/c1-35(2,3)26-19-15-11-9-13-17-24-31(39)33-37(7,43-41-33)29-22-21-23-30(28-29)38(8)34(42-44-38)32(40)25-18-14-10-12-16-20-27-36(4,5)6/h21-23,28,33-34H,9-20,24-27H2,1-8H3. The van der Waals surface area contributed by atoms with Gasteiger partial charge in [0.15, 0.2) is 35.0 Å². The van der Waals surface area contributed by atoms with E-state index in [1.807, 2.05) is 38.1 Å². The lowest BCUT2D eigenvalue weighted by molar-refractivity contribution is -0.501. The second kappa shape index (κ2) is 16.3. The first-order chi connectivity index (χ1) is 20.7. The summed E-state index contributed by atoms with van der Waals surface area (Å²) in [6.07, 6.45) is 16.0. The fourth-order valence-corrected chi connectivity index (χ4v) is 6.32. The summed E-state index contributed by atoms with van der Waals surface area (Å²) in [5.41, 5.74) is 0.759. The largest absolute Gasteiger partial charge is 0.296 e. The fraction of sp³-hybridized carbons (Fsp3) is 0.789. The number of ketones is 2. The van der Waals surface area contributed by atoms with Crippen LogP contribution in [0, 0.1) is 10.8 Å². The summed E-state index contributed by atoms with van der Waals surface area (Å²) in [5.74, 6) is 0.155. The molecule has 2 heterocycles. The van der Waals surface area contributed by atoms with Crippen molar-refractivity contribution >= 4 is 11.6 Å². The number of hydrogen-bond donors (Lipinski definition) is 0. The van der Waals surface area contributed by atoms with E-state index in [1.165, 1.54) is 51.4 Å². The molecule has 4 atom stereocenters. The first-order valence-corrected chi connectivity index (χ1v) is 17.5. The maximum atomic E-state index is 13.1. The first kappa shape index (κ1) is 36.9. The second-order valence-corrected chi connectivity index (χ2v) is 16.2. The van der Waals surface area contributed by atoms with Crippen LogP contribution < -0.4 is 0 Å². The maximum Gasteiger partial charge on any atom is 0.187 e. The molecule has 0 aromatic heterocycles. The van der Waals surface area contributed by atoms with Crippen molar-refractivity contribution in [3.8, 4) is 0 Å². The number of unbranched alkanes of at least 4 members (excludes halogenated alkanes) is 10. The highest BCUT2D eigenvalue weighted by atomic mass is 17.3. The minimum atomic E-state index is -0.868. The van der Waals surface area contributed by atoms with Crippen LogP contribution in [-0.4, -0.2) is 23.8 Å². The molecule has 250 valence electrons. The van der Waals surface area contributed by atoms with Gasteiger partial charge in [0.2, 0.25) is 0 Å². The monoisotopic (exact) mass is 614 g/mol. The molecule has 3 rings (SSSR count). The predicted molar refractivity (Wildman–Crippen MR) is 176 cm³/mol. The second-order valence-electron chi connectivity index (χ2n) is 16.2. The molecule has 0 aliphatic carbocycles. The molecule has 0 saturated carbocycles. The highest BCUT2D eigenvalue weighted by molar-refractivity contribution is 5.86. The Morgan fingerprint density at radius 2 is 0.932 bits per heavy atom. The van der Waals surface area contributed by atoms with Gasteiger partial charge in [0, 0.05) is 12.8 Å². The van der Waals surface area contributed by atoms with E-state index in [1.54, 1.807) is 0 Å². The molecule has 2 aliphatic heterocycles. The molecule has 4 unspecified atom stereocenters. The van der Waals surface area contributed by atoms with E-state index < -0.39 is 23.4 Å². The van der Waals surface area contributed by atoms with Crippen molar-refractivity contribution in [3.63, 3.8) is 0 Å². The maximum absolute atomic E-state index is 13.1. The topological polar surface area (TPSA) is 71.1 Å². The third-order valence-electron chi connectivity index (χ3n) is 9.43. The van der Waals surface area contributed by atoms with E-state index in [-0.39, 0.29) is 11.6 Å². The van der Waals surface area contributed by atoms with Gasteiger partial charge < -0.3 is 0 Å². The van der Waals surface area contributed by atoms with E-state index >= 15 is 0 Å². The van der Waals surface area contributed by atoms with Crippen LogP contribution in [0.2, 0.25) is 0 Å².